The second kappa shape index (κ2) is 5.74. The third kappa shape index (κ3) is 2.72. The lowest BCUT2D eigenvalue weighted by Crippen LogP contribution is -2.37. The van der Waals surface area contributed by atoms with Gasteiger partial charge in [-0.15, -0.1) is 0 Å². The molecular weight excluding hydrogens is 262 g/mol. The van der Waals surface area contributed by atoms with Gasteiger partial charge in [0.25, 0.3) is 0 Å². The van der Waals surface area contributed by atoms with Crippen molar-refractivity contribution in [2.75, 3.05) is 6.54 Å². The van der Waals surface area contributed by atoms with Crippen LogP contribution in [0.1, 0.15) is 41.0 Å². The fourth-order valence-electron chi connectivity index (χ4n) is 2.97. The van der Waals surface area contributed by atoms with Crippen LogP contribution in [0.4, 0.5) is 0 Å². The predicted octanol–water partition coefficient (Wildman–Crippen LogP) is 2.28. The van der Waals surface area contributed by atoms with Gasteiger partial charge in [-0.25, -0.2) is 9.97 Å². The number of ketones is 1. The van der Waals surface area contributed by atoms with Gasteiger partial charge in [-0.2, -0.15) is 0 Å². The molecule has 0 atom stereocenters. The lowest BCUT2D eigenvalue weighted by atomic mass is 9.62. The fraction of sp³-hybridized carbons (Fsp3) is 0.353. The molecule has 0 amide bonds. The van der Waals surface area contributed by atoms with E-state index in [0.29, 0.717) is 5.56 Å². The molecule has 108 valence electrons. The minimum atomic E-state index is -0.122. The van der Waals surface area contributed by atoms with Crippen molar-refractivity contribution in [2.24, 2.45) is 5.73 Å². The van der Waals surface area contributed by atoms with Crippen molar-refractivity contribution in [3.8, 4) is 0 Å². The number of hydrogen-bond donors (Lipinski definition) is 1. The van der Waals surface area contributed by atoms with Gasteiger partial charge in [-0.05, 0) is 18.4 Å². The summed E-state index contributed by atoms with van der Waals surface area (Å²) in [5, 5.41) is 0. The Bertz CT molecular complexity index is 618. The Morgan fingerprint density at radius 1 is 1.14 bits per heavy atom. The molecule has 2 N–H and O–H groups in total. The van der Waals surface area contributed by atoms with Crippen LogP contribution in [-0.2, 0) is 11.8 Å². The Kier molecular flexibility index (Phi) is 3.80. The summed E-state index contributed by atoms with van der Waals surface area (Å²) in [4.78, 5) is 20.2. The van der Waals surface area contributed by atoms with Crippen LogP contribution in [0.5, 0.6) is 0 Å². The number of nitrogens with zero attached hydrogens (tertiary/aromatic N) is 2. The van der Waals surface area contributed by atoms with Crippen LogP contribution in [0.15, 0.2) is 42.7 Å². The number of Topliss-reactive ketones (excluding diaryl/α,β-unsaturated/α-hetero) is 1. The first kappa shape index (κ1) is 13.9. The molecule has 3 rings (SSSR count). The van der Waals surface area contributed by atoms with Crippen LogP contribution >= 0.6 is 0 Å². The SMILES string of the molecule is NCC(=O)c1cnc(CC2(c3ccccc3)CCC2)nc1. The monoisotopic (exact) mass is 281 g/mol. The van der Waals surface area contributed by atoms with E-state index < -0.39 is 0 Å². The number of nitrogens with two attached hydrogens (primary N) is 1. The average molecular weight is 281 g/mol. The fourth-order valence-corrected chi connectivity index (χ4v) is 2.97. The molecule has 1 saturated carbocycles. The van der Waals surface area contributed by atoms with E-state index in [2.05, 4.69) is 34.2 Å². The Hall–Kier alpha value is -2.07. The molecule has 4 heteroatoms. The molecule has 1 heterocycles. The first-order chi connectivity index (χ1) is 10.2. The summed E-state index contributed by atoms with van der Waals surface area (Å²) in [6, 6.07) is 10.6. The van der Waals surface area contributed by atoms with E-state index in [0.717, 1.165) is 12.2 Å². The maximum atomic E-state index is 11.5. The summed E-state index contributed by atoms with van der Waals surface area (Å²) < 4.78 is 0. The summed E-state index contributed by atoms with van der Waals surface area (Å²) in [7, 11) is 0. The summed E-state index contributed by atoms with van der Waals surface area (Å²) in [5.74, 6) is 0.676. The highest BCUT2D eigenvalue weighted by Gasteiger charge is 2.39. The topological polar surface area (TPSA) is 68.9 Å². The number of aromatic nitrogens is 2. The highest BCUT2D eigenvalue weighted by molar-refractivity contribution is 5.96. The third-order valence-electron chi connectivity index (χ3n) is 4.41. The molecule has 0 spiro atoms. The number of carbonyl (C=O) groups excluding carboxylic acids is 1. The normalized spacial score (nSPS) is 16.2. The zero-order valence-electron chi connectivity index (χ0n) is 12.0. The zero-order valence-corrected chi connectivity index (χ0v) is 12.0. The maximum Gasteiger partial charge on any atom is 0.179 e. The van der Waals surface area contributed by atoms with Gasteiger partial charge in [-0.3, -0.25) is 4.79 Å². The molecule has 1 fully saturated rings. The van der Waals surface area contributed by atoms with E-state index in [9.17, 15) is 4.79 Å². The summed E-state index contributed by atoms with van der Waals surface area (Å²) in [6.07, 6.45) is 7.60. The van der Waals surface area contributed by atoms with Gasteiger partial charge in [0.05, 0.1) is 12.1 Å². The summed E-state index contributed by atoms with van der Waals surface area (Å²) in [6.45, 7) is -0.00331. The molecule has 2 aromatic rings. The lowest BCUT2D eigenvalue weighted by Gasteiger charge is -2.42. The van der Waals surface area contributed by atoms with E-state index >= 15 is 0 Å². The number of rotatable bonds is 5. The van der Waals surface area contributed by atoms with Crippen molar-refractivity contribution in [1.82, 2.24) is 9.97 Å². The Morgan fingerprint density at radius 2 is 1.81 bits per heavy atom. The van der Waals surface area contributed by atoms with Gasteiger partial charge in [0, 0.05) is 24.2 Å². The molecule has 0 radical (unpaired) electrons. The molecule has 0 unspecified atom stereocenters. The van der Waals surface area contributed by atoms with Crippen molar-refractivity contribution in [3.63, 3.8) is 0 Å². The Balaban J connectivity index is 1.80. The molecule has 1 aliphatic carbocycles. The molecule has 21 heavy (non-hydrogen) atoms. The van der Waals surface area contributed by atoms with Crippen molar-refractivity contribution in [2.45, 2.75) is 31.1 Å². The van der Waals surface area contributed by atoms with Gasteiger partial charge in [0.15, 0.2) is 5.78 Å². The number of benzene rings is 1. The predicted molar refractivity (Wildman–Crippen MR) is 81.1 cm³/mol. The van der Waals surface area contributed by atoms with E-state index in [1.807, 2.05) is 6.07 Å². The minimum Gasteiger partial charge on any atom is -0.324 e. The van der Waals surface area contributed by atoms with Crippen LogP contribution in [0.3, 0.4) is 0 Å². The minimum absolute atomic E-state index is 0.00331. The van der Waals surface area contributed by atoms with E-state index in [-0.39, 0.29) is 17.7 Å². The molecule has 1 aromatic heterocycles. The molecule has 0 saturated heterocycles. The zero-order chi connectivity index (χ0) is 14.7. The van der Waals surface area contributed by atoms with Crippen molar-refractivity contribution < 1.29 is 4.79 Å². The highest BCUT2D eigenvalue weighted by Crippen LogP contribution is 2.45. The van der Waals surface area contributed by atoms with E-state index in [1.54, 1.807) is 12.4 Å². The van der Waals surface area contributed by atoms with Gasteiger partial charge in [0.2, 0.25) is 0 Å². The second-order valence-corrected chi connectivity index (χ2v) is 5.69. The van der Waals surface area contributed by atoms with E-state index in [1.165, 1.54) is 24.8 Å². The van der Waals surface area contributed by atoms with Gasteiger partial charge in [0.1, 0.15) is 5.82 Å². The molecular formula is C17H19N3O. The van der Waals surface area contributed by atoms with Gasteiger partial charge >= 0.3 is 0 Å². The largest absolute Gasteiger partial charge is 0.324 e. The van der Waals surface area contributed by atoms with Crippen LogP contribution < -0.4 is 5.73 Å². The summed E-state index contributed by atoms with van der Waals surface area (Å²) in [5.41, 5.74) is 7.37. The van der Waals surface area contributed by atoms with Gasteiger partial charge in [-0.1, -0.05) is 36.8 Å². The molecule has 0 bridgehead atoms. The average Bonchev–Trinajstić information content (AvgIpc) is 2.51. The van der Waals surface area contributed by atoms with E-state index in [4.69, 9.17) is 5.73 Å². The van der Waals surface area contributed by atoms with Crippen LogP contribution in [0.2, 0.25) is 0 Å². The maximum absolute atomic E-state index is 11.5. The smallest absolute Gasteiger partial charge is 0.179 e. The number of hydrogen-bond acceptors (Lipinski definition) is 4. The van der Waals surface area contributed by atoms with Crippen molar-refractivity contribution in [1.29, 1.82) is 0 Å². The van der Waals surface area contributed by atoms with Crippen LogP contribution in [-0.4, -0.2) is 22.3 Å². The molecule has 4 nitrogen and oxygen atoms in total. The molecule has 0 aliphatic heterocycles. The first-order valence-corrected chi connectivity index (χ1v) is 7.33. The quantitative estimate of drug-likeness (QED) is 0.854. The van der Waals surface area contributed by atoms with Crippen LogP contribution in [0.25, 0.3) is 0 Å². The Morgan fingerprint density at radius 3 is 2.33 bits per heavy atom. The Labute approximate surface area is 124 Å². The first-order valence-electron chi connectivity index (χ1n) is 7.33. The summed E-state index contributed by atoms with van der Waals surface area (Å²) >= 11 is 0. The van der Waals surface area contributed by atoms with Crippen LogP contribution in [0, 0.1) is 0 Å². The highest BCUT2D eigenvalue weighted by atomic mass is 16.1. The lowest BCUT2D eigenvalue weighted by molar-refractivity contribution is 0.100. The second-order valence-electron chi connectivity index (χ2n) is 5.69. The third-order valence-corrected chi connectivity index (χ3v) is 4.41. The molecule has 1 aliphatic rings. The van der Waals surface area contributed by atoms with Crippen molar-refractivity contribution >= 4 is 5.78 Å². The standard InChI is InChI=1S/C17H19N3O/c18-10-15(21)13-11-19-16(20-12-13)9-17(7-4-8-17)14-5-2-1-3-6-14/h1-3,5-6,11-12H,4,7-10,18H2. The number of carbonyl (C=O) groups is 1. The van der Waals surface area contributed by atoms with Crippen molar-refractivity contribution in [3.05, 3.63) is 59.7 Å². The molecule has 1 aromatic carbocycles. The van der Waals surface area contributed by atoms with Gasteiger partial charge < -0.3 is 5.73 Å².